The fourth-order valence-electron chi connectivity index (χ4n) is 3.41. The molecule has 4 rings (SSSR count). The van der Waals surface area contributed by atoms with Crippen LogP contribution in [-0.2, 0) is 7.05 Å². The van der Waals surface area contributed by atoms with Crippen LogP contribution in [0.1, 0.15) is 54.4 Å². The topological polar surface area (TPSA) is 79.7 Å². The molecule has 2 heterocycles. The van der Waals surface area contributed by atoms with Gasteiger partial charge in [0, 0.05) is 36.0 Å². The third-order valence-electron chi connectivity index (χ3n) is 4.92. The normalized spacial score (nSPS) is 14.7. The summed E-state index contributed by atoms with van der Waals surface area (Å²) in [5.74, 6) is -0.415. The molecule has 0 unspecified atom stereocenters. The molecule has 1 saturated carbocycles. The van der Waals surface area contributed by atoms with Crippen LogP contribution < -0.4 is 0 Å². The lowest BCUT2D eigenvalue weighted by Crippen LogP contribution is -2.03. The average molecular weight is 377 g/mol. The fourth-order valence-corrected chi connectivity index (χ4v) is 3.41. The second-order valence-electron chi connectivity index (χ2n) is 7.15. The molecule has 1 aliphatic carbocycles. The second kappa shape index (κ2) is 6.73. The summed E-state index contributed by atoms with van der Waals surface area (Å²) in [7, 11) is 1.80. The number of nitrogens with zero attached hydrogens (tertiary/aromatic N) is 5. The molecular formula is C21H20FN5O. The van der Waals surface area contributed by atoms with E-state index in [4.69, 9.17) is 0 Å². The Hall–Kier alpha value is -3.24. The van der Waals surface area contributed by atoms with Crippen molar-refractivity contribution >= 4 is 5.57 Å². The van der Waals surface area contributed by atoms with Crippen molar-refractivity contribution < 1.29 is 9.50 Å². The van der Waals surface area contributed by atoms with Crippen LogP contribution in [0.4, 0.5) is 4.39 Å². The Labute approximate surface area is 162 Å². The van der Waals surface area contributed by atoms with Gasteiger partial charge in [0.1, 0.15) is 17.6 Å². The van der Waals surface area contributed by atoms with Crippen molar-refractivity contribution in [2.45, 2.75) is 31.9 Å². The molecule has 0 radical (unpaired) electrons. The van der Waals surface area contributed by atoms with E-state index in [1.54, 1.807) is 30.8 Å². The molecule has 1 fully saturated rings. The Morgan fingerprint density at radius 1 is 1.36 bits per heavy atom. The molecule has 28 heavy (non-hydrogen) atoms. The first kappa shape index (κ1) is 18.1. The molecule has 142 valence electrons. The van der Waals surface area contributed by atoms with Gasteiger partial charge in [0.15, 0.2) is 5.69 Å². The Kier molecular flexibility index (Phi) is 4.36. The summed E-state index contributed by atoms with van der Waals surface area (Å²) in [5.41, 5.74) is 4.26. The SMILES string of the molecule is C=C(c1cn(C)nc1-c1ccc(F)cc1[C@@H](C)O)c1cc(C#N)nn1C1CC1. The number of nitriles is 1. The maximum absolute atomic E-state index is 13.7. The number of rotatable bonds is 5. The minimum atomic E-state index is -0.851. The molecule has 1 aromatic carbocycles. The number of halogens is 1. The number of hydrogen-bond acceptors (Lipinski definition) is 4. The Bertz CT molecular complexity index is 1110. The van der Waals surface area contributed by atoms with Crippen molar-refractivity contribution in [3.05, 3.63) is 65.4 Å². The zero-order chi connectivity index (χ0) is 20.0. The van der Waals surface area contributed by atoms with Gasteiger partial charge >= 0.3 is 0 Å². The van der Waals surface area contributed by atoms with Gasteiger partial charge in [-0.1, -0.05) is 6.58 Å². The predicted octanol–water partition coefficient (Wildman–Crippen LogP) is 3.74. The van der Waals surface area contributed by atoms with Crippen LogP contribution in [0.15, 0.2) is 37.0 Å². The number of aromatic nitrogens is 4. The zero-order valence-electron chi connectivity index (χ0n) is 15.7. The van der Waals surface area contributed by atoms with Gasteiger partial charge in [-0.15, -0.1) is 0 Å². The maximum atomic E-state index is 13.7. The molecule has 2 aromatic heterocycles. The zero-order valence-corrected chi connectivity index (χ0v) is 15.7. The van der Waals surface area contributed by atoms with E-state index in [1.165, 1.54) is 12.1 Å². The van der Waals surface area contributed by atoms with Crippen LogP contribution in [0, 0.1) is 17.1 Å². The summed E-state index contributed by atoms with van der Waals surface area (Å²) < 4.78 is 17.3. The van der Waals surface area contributed by atoms with Gasteiger partial charge in [-0.05, 0) is 43.5 Å². The molecular weight excluding hydrogens is 357 g/mol. The van der Waals surface area contributed by atoms with Crippen LogP contribution in [-0.4, -0.2) is 24.7 Å². The van der Waals surface area contributed by atoms with Crippen molar-refractivity contribution in [3.8, 4) is 17.3 Å². The van der Waals surface area contributed by atoms with E-state index in [2.05, 4.69) is 22.8 Å². The lowest BCUT2D eigenvalue weighted by Gasteiger charge is -2.13. The first-order valence-electron chi connectivity index (χ1n) is 9.10. The number of aliphatic hydroxyl groups excluding tert-OH is 1. The number of aliphatic hydroxyl groups is 1. The van der Waals surface area contributed by atoms with Gasteiger partial charge in [0.05, 0.1) is 17.8 Å². The maximum Gasteiger partial charge on any atom is 0.163 e. The summed E-state index contributed by atoms with van der Waals surface area (Å²) in [6.45, 7) is 5.84. The lowest BCUT2D eigenvalue weighted by molar-refractivity contribution is 0.199. The van der Waals surface area contributed by atoms with E-state index < -0.39 is 11.9 Å². The Morgan fingerprint density at radius 3 is 2.75 bits per heavy atom. The molecule has 0 aliphatic heterocycles. The summed E-state index contributed by atoms with van der Waals surface area (Å²) in [4.78, 5) is 0. The average Bonchev–Trinajstić information content (AvgIpc) is 3.30. The van der Waals surface area contributed by atoms with E-state index in [-0.39, 0.29) is 6.04 Å². The van der Waals surface area contributed by atoms with E-state index in [9.17, 15) is 14.8 Å². The highest BCUT2D eigenvalue weighted by atomic mass is 19.1. The largest absolute Gasteiger partial charge is 0.389 e. The highest BCUT2D eigenvalue weighted by molar-refractivity contribution is 5.86. The van der Waals surface area contributed by atoms with Gasteiger partial charge in [-0.2, -0.15) is 15.5 Å². The standard InChI is InChI=1S/C21H20FN5O/c1-12(20-9-15(10-23)24-27(20)16-5-6-16)19-11-26(3)25-21(19)17-7-4-14(22)8-18(17)13(2)28/h4,7-9,11,13,16,28H,1,5-6H2,2-3H3/t13-/m1/s1. The molecule has 0 saturated heterocycles. The second-order valence-corrected chi connectivity index (χ2v) is 7.15. The minimum Gasteiger partial charge on any atom is -0.389 e. The molecule has 1 N–H and O–H groups in total. The third kappa shape index (κ3) is 3.12. The number of hydrogen-bond donors (Lipinski definition) is 1. The first-order valence-corrected chi connectivity index (χ1v) is 9.10. The molecule has 6 nitrogen and oxygen atoms in total. The molecule has 1 aliphatic rings. The van der Waals surface area contributed by atoms with Crippen LogP contribution in [0.2, 0.25) is 0 Å². The number of aryl methyl sites for hydroxylation is 1. The van der Waals surface area contributed by atoms with E-state index in [0.29, 0.717) is 28.1 Å². The molecule has 1 atom stereocenters. The van der Waals surface area contributed by atoms with Gasteiger partial charge in [-0.3, -0.25) is 9.36 Å². The summed E-state index contributed by atoms with van der Waals surface area (Å²) >= 11 is 0. The third-order valence-corrected chi connectivity index (χ3v) is 4.92. The van der Waals surface area contributed by atoms with Gasteiger partial charge in [0.25, 0.3) is 0 Å². The summed E-state index contributed by atoms with van der Waals surface area (Å²) in [6.07, 6.45) is 3.03. The van der Waals surface area contributed by atoms with Gasteiger partial charge in [-0.25, -0.2) is 4.39 Å². The first-order chi connectivity index (χ1) is 13.4. The van der Waals surface area contributed by atoms with Crippen LogP contribution >= 0.6 is 0 Å². The number of benzene rings is 1. The molecule has 0 bridgehead atoms. The molecule has 0 amide bonds. The van der Waals surface area contributed by atoms with Gasteiger partial charge < -0.3 is 5.11 Å². The van der Waals surface area contributed by atoms with E-state index in [1.807, 2.05) is 10.9 Å². The van der Waals surface area contributed by atoms with Crippen molar-refractivity contribution in [3.63, 3.8) is 0 Å². The van der Waals surface area contributed by atoms with Crippen molar-refractivity contribution in [2.75, 3.05) is 0 Å². The monoisotopic (exact) mass is 377 g/mol. The fraction of sp³-hybridized carbons (Fsp3) is 0.286. The highest BCUT2D eigenvalue weighted by Crippen LogP contribution is 2.40. The lowest BCUT2D eigenvalue weighted by atomic mass is 9.95. The van der Waals surface area contributed by atoms with Crippen LogP contribution in [0.25, 0.3) is 16.8 Å². The van der Waals surface area contributed by atoms with E-state index >= 15 is 0 Å². The van der Waals surface area contributed by atoms with Crippen molar-refractivity contribution in [1.82, 2.24) is 19.6 Å². The Morgan fingerprint density at radius 2 is 2.11 bits per heavy atom. The van der Waals surface area contributed by atoms with Crippen LogP contribution in [0.3, 0.4) is 0 Å². The Balaban J connectivity index is 1.85. The summed E-state index contributed by atoms with van der Waals surface area (Å²) in [6, 6.07) is 8.40. The molecule has 3 aromatic rings. The summed E-state index contributed by atoms with van der Waals surface area (Å²) in [5, 5.41) is 28.3. The van der Waals surface area contributed by atoms with Crippen LogP contribution in [0.5, 0.6) is 0 Å². The van der Waals surface area contributed by atoms with Crippen molar-refractivity contribution in [2.24, 2.45) is 7.05 Å². The quantitative estimate of drug-likeness (QED) is 0.734. The van der Waals surface area contributed by atoms with E-state index in [0.717, 1.165) is 24.1 Å². The molecule has 0 spiro atoms. The van der Waals surface area contributed by atoms with Crippen molar-refractivity contribution in [1.29, 1.82) is 5.26 Å². The van der Waals surface area contributed by atoms with Gasteiger partial charge in [0.2, 0.25) is 0 Å². The molecule has 7 heteroatoms. The minimum absolute atomic E-state index is 0.285. The highest BCUT2D eigenvalue weighted by Gasteiger charge is 2.29. The smallest absolute Gasteiger partial charge is 0.163 e. The predicted molar refractivity (Wildman–Crippen MR) is 103 cm³/mol.